The molecule has 3 rings (SSSR count). The average Bonchev–Trinajstić information content (AvgIpc) is 2.64. The van der Waals surface area contributed by atoms with Gasteiger partial charge in [0.15, 0.2) is 5.78 Å². The fourth-order valence-electron chi connectivity index (χ4n) is 2.20. The summed E-state index contributed by atoms with van der Waals surface area (Å²) in [5, 5.41) is 0. The molecule has 3 aromatic rings. The van der Waals surface area contributed by atoms with Gasteiger partial charge in [0.2, 0.25) is 0 Å². The highest BCUT2D eigenvalue weighted by atomic mass is 16.1. The van der Waals surface area contributed by atoms with Crippen LogP contribution in [0.2, 0.25) is 0 Å². The molecule has 0 atom stereocenters. The van der Waals surface area contributed by atoms with Crippen molar-refractivity contribution in [3.8, 4) is 11.1 Å². The van der Waals surface area contributed by atoms with Crippen LogP contribution in [0.3, 0.4) is 0 Å². The molecule has 0 N–H and O–H groups in total. The first-order valence-electron chi connectivity index (χ1n) is 7.60. The number of rotatable bonds is 3. The average molecular weight is 288 g/mol. The molecular weight excluding hydrogens is 268 g/mol. The summed E-state index contributed by atoms with van der Waals surface area (Å²) in [5.74, 6) is 0.0604. The molecule has 0 aliphatic carbocycles. The third-order valence-electron chi connectivity index (χ3n) is 3.29. The van der Waals surface area contributed by atoms with Crippen LogP contribution >= 0.6 is 0 Å². The summed E-state index contributed by atoms with van der Waals surface area (Å²) in [6, 6.07) is 27.3. The maximum Gasteiger partial charge on any atom is 0.193 e. The zero-order chi connectivity index (χ0) is 15.8. The Kier molecular flexibility index (Phi) is 5.67. The highest BCUT2D eigenvalue weighted by Crippen LogP contribution is 2.20. The second-order valence-corrected chi connectivity index (χ2v) is 4.64. The van der Waals surface area contributed by atoms with Crippen LogP contribution in [0.25, 0.3) is 11.1 Å². The molecule has 0 radical (unpaired) electrons. The zero-order valence-electron chi connectivity index (χ0n) is 13.0. The van der Waals surface area contributed by atoms with Gasteiger partial charge in [0.05, 0.1) is 0 Å². The van der Waals surface area contributed by atoms with Gasteiger partial charge < -0.3 is 0 Å². The highest BCUT2D eigenvalue weighted by molar-refractivity contribution is 6.09. The first-order valence-corrected chi connectivity index (χ1v) is 7.60. The summed E-state index contributed by atoms with van der Waals surface area (Å²) in [6.07, 6.45) is 0. The minimum atomic E-state index is 0.0604. The van der Waals surface area contributed by atoms with Gasteiger partial charge in [-0.05, 0) is 11.1 Å². The van der Waals surface area contributed by atoms with Crippen molar-refractivity contribution in [2.75, 3.05) is 0 Å². The third-order valence-corrected chi connectivity index (χ3v) is 3.29. The molecular formula is C21H20O. The molecule has 0 amide bonds. The number of hydrogen-bond donors (Lipinski definition) is 0. The molecule has 0 aliphatic heterocycles. The van der Waals surface area contributed by atoms with Gasteiger partial charge in [-0.25, -0.2) is 0 Å². The minimum absolute atomic E-state index is 0.0604. The second-order valence-electron chi connectivity index (χ2n) is 4.64. The molecule has 0 heterocycles. The summed E-state index contributed by atoms with van der Waals surface area (Å²) >= 11 is 0. The van der Waals surface area contributed by atoms with Gasteiger partial charge in [-0.1, -0.05) is 98.8 Å². The molecule has 0 bridgehead atoms. The Bertz CT molecular complexity index is 698. The van der Waals surface area contributed by atoms with Gasteiger partial charge in [0.1, 0.15) is 0 Å². The molecule has 0 aliphatic rings. The van der Waals surface area contributed by atoms with Crippen LogP contribution in [-0.2, 0) is 0 Å². The Labute approximate surface area is 132 Å². The Morgan fingerprint density at radius 3 is 1.50 bits per heavy atom. The standard InChI is InChI=1S/C19H14O.C2H6/c20-19(17-9-5-2-6-10-17)18-13-11-16(12-14-18)15-7-3-1-4-8-15;1-2/h1-14H;1-2H3. The molecule has 3 aromatic carbocycles. The van der Waals surface area contributed by atoms with Gasteiger partial charge in [0.25, 0.3) is 0 Å². The topological polar surface area (TPSA) is 17.1 Å². The first kappa shape index (κ1) is 15.7. The van der Waals surface area contributed by atoms with Crippen LogP contribution in [-0.4, -0.2) is 5.78 Å². The van der Waals surface area contributed by atoms with E-state index in [0.29, 0.717) is 0 Å². The van der Waals surface area contributed by atoms with Crippen molar-refractivity contribution in [3.63, 3.8) is 0 Å². The molecule has 0 spiro atoms. The van der Waals surface area contributed by atoms with Gasteiger partial charge in [0, 0.05) is 11.1 Å². The predicted molar refractivity (Wildman–Crippen MR) is 93.1 cm³/mol. The fraction of sp³-hybridized carbons (Fsp3) is 0.0952. The van der Waals surface area contributed by atoms with Gasteiger partial charge >= 0.3 is 0 Å². The summed E-state index contributed by atoms with van der Waals surface area (Å²) < 4.78 is 0. The predicted octanol–water partition coefficient (Wildman–Crippen LogP) is 5.61. The number of benzene rings is 3. The van der Waals surface area contributed by atoms with Crippen molar-refractivity contribution < 1.29 is 4.79 Å². The van der Waals surface area contributed by atoms with Gasteiger partial charge in [-0.2, -0.15) is 0 Å². The molecule has 1 heteroatoms. The number of carbonyl (C=O) groups is 1. The van der Waals surface area contributed by atoms with Crippen molar-refractivity contribution in [3.05, 3.63) is 96.1 Å². The van der Waals surface area contributed by atoms with E-state index in [1.54, 1.807) is 0 Å². The lowest BCUT2D eigenvalue weighted by Gasteiger charge is -2.04. The van der Waals surface area contributed by atoms with Crippen LogP contribution in [0.1, 0.15) is 29.8 Å². The molecule has 0 saturated carbocycles. The Hall–Kier alpha value is -2.67. The number of ketones is 1. The van der Waals surface area contributed by atoms with Crippen LogP contribution in [0.5, 0.6) is 0 Å². The summed E-state index contributed by atoms with van der Waals surface area (Å²) in [5.41, 5.74) is 3.72. The van der Waals surface area contributed by atoms with Gasteiger partial charge in [-0.3, -0.25) is 4.79 Å². The van der Waals surface area contributed by atoms with Crippen molar-refractivity contribution in [2.45, 2.75) is 13.8 Å². The summed E-state index contributed by atoms with van der Waals surface area (Å²) in [6.45, 7) is 4.00. The van der Waals surface area contributed by atoms with Crippen molar-refractivity contribution >= 4 is 5.78 Å². The van der Waals surface area contributed by atoms with E-state index in [9.17, 15) is 4.79 Å². The van der Waals surface area contributed by atoms with Crippen molar-refractivity contribution in [1.29, 1.82) is 0 Å². The van der Waals surface area contributed by atoms with Crippen LogP contribution in [0.15, 0.2) is 84.9 Å². The second kappa shape index (κ2) is 7.94. The monoisotopic (exact) mass is 288 g/mol. The van der Waals surface area contributed by atoms with Crippen LogP contribution < -0.4 is 0 Å². The largest absolute Gasteiger partial charge is 0.289 e. The minimum Gasteiger partial charge on any atom is -0.289 e. The maximum atomic E-state index is 12.3. The lowest BCUT2D eigenvalue weighted by atomic mass is 9.99. The fourth-order valence-corrected chi connectivity index (χ4v) is 2.20. The highest BCUT2D eigenvalue weighted by Gasteiger charge is 2.08. The van der Waals surface area contributed by atoms with Crippen LogP contribution in [0, 0.1) is 0 Å². The lowest BCUT2D eigenvalue weighted by Crippen LogP contribution is -2.00. The van der Waals surface area contributed by atoms with Crippen molar-refractivity contribution in [2.24, 2.45) is 0 Å². The van der Waals surface area contributed by atoms with E-state index in [2.05, 4.69) is 12.1 Å². The normalized spacial score (nSPS) is 9.55. The quantitative estimate of drug-likeness (QED) is 0.572. The molecule has 0 fully saturated rings. The summed E-state index contributed by atoms with van der Waals surface area (Å²) in [7, 11) is 0. The SMILES string of the molecule is CC.O=C(c1ccccc1)c1ccc(-c2ccccc2)cc1. The van der Waals surface area contributed by atoms with Gasteiger partial charge in [-0.15, -0.1) is 0 Å². The summed E-state index contributed by atoms with van der Waals surface area (Å²) in [4.78, 5) is 12.3. The van der Waals surface area contributed by atoms with E-state index in [-0.39, 0.29) is 5.78 Å². The van der Waals surface area contributed by atoms with E-state index < -0.39 is 0 Å². The van der Waals surface area contributed by atoms with E-state index in [1.165, 1.54) is 0 Å². The zero-order valence-corrected chi connectivity index (χ0v) is 13.0. The Morgan fingerprint density at radius 1 is 0.545 bits per heavy atom. The first-order chi connectivity index (χ1) is 10.8. The molecule has 1 nitrogen and oxygen atoms in total. The third kappa shape index (κ3) is 3.70. The van der Waals surface area contributed by atoms with E-state index in [0.717, 1.165) is 22.3 Å². The van der Waals surface area contributed by atoms with Crippen molar-refractivity contribution in [1.82, 2.24) is 0 Å². The number of carbonyl (C=O) groups excluding carboxylic acids is 1. The molecule has 0 unspecified atom stereocenters. The number of hydrogen-bond acceptors (Lipinski definition) is 1. The Morgan fingerprint density at radius 2 is 0.955 bits per heavy atom. The molecule has 22 heavy (non-hydrogen) atoms. The molecule has 0 saturated heterocycles. The Balaban J connectivity index is 0.000000847. The maximum absolute atomic E-state index is 12.3. The molecule has 0 aromatic heterocycles. The smallest absolute Gasteiger partial charge is 0.193 e. The lowest BCUT2D eigenvalue weighted by molar-refractivity contribution is 0.103. The van der Waals surface area contributed by atoms with E-state index in [4.69, 9.17) is 0 Å². The molecule has 110 valence electrons. The van der Waals surface area contributed by atoms with E-state index >= 15 is 0 Å². The van der Waals surface area contributed by atoms with Crippen LogP contribution in [0.4, 0.5) is 0 Å². The van der Waals surface area contributed by atoms with E-state index in [1.807, 2.05) is 86.6 Å².